The van der Waals surface area contributed by atoms with Crippen molar-refractivity contribution >= 4 is 23.5 Å². The average Bonchev–Trinajstić information content (AvgIpc) is 2.44. The number of rotatable bonds is 7. The fourth-order valence-corrected chi connectivity index (χ4v) is 2.23. The van der Waals surface area contributed by atoms with Crippen LogP contribution in [0.15, 0.2) is 24.3 Å². The minimum absolute atomic E-state index is 0.0545. The maximum absolute atomic E-state index is 12.3. The second-order valence-corrected chi connectivity index (χ2v) is 6.56. The largest absolute Gasteiger partial charge is 0.473 e. The molecule has 0 bridgehead atoms. The number of amides is 1. The van der Waals surface area contributed by atoms with Crippen LogP contribution >= 0.6 is 0 Å². The van der Waals surface area contributed by atoms with Gasteiger partial charge in [-0.05, 0) is 52.8 Å². The van der Waals surface area contributed by atoms with Gasteiger partial charge in [-0.1, -0.05) is 6.07 Å². The van der Waals surface area contributed by atoms with Crippen LogP contribution in [0.5, 0.6) is 0 Å². The number of hydrogen-bond acceptors (Lipinski definition) is 7. The summed E-state index contributed by atoms with van der Waals surface area (Å²) in [6, 6.07) is 5.25. The highest BCUT2D eigenvalue weighted by atomic mass is 16.7. The van der Waals surface area contributed by atoms with E-state index in [1.165, 1.54) is 39.0 Å². The summed E-state index contributed by atoms with van der Waals surface area (Å²) in [5, 5.41) is 10.6. The first-order valence-electron chi connectivity index (χ1n) is 7.91. The number of ether oxygens (including phenoxy) is 2. The van der Waals surface area contributed by atoms with Crippen molar-refractivity contribution in [1.82, 2.24) is 0 Å². The fourth-order valence-electron chi connectivity index (χ4n) is 2.23. The van der Waals surface area contributed by atoms with Gasteiger partial charge in [-0.15, -0.1) is 0 Å². The van der Waals surface area contributed by atoms with E-state index in [1.54, 1.807) is 13.8 Å². The number of carbonyl (C=O) groups excluding carboxylic acids is 3. The second-order valence-electron chi connectivity index (χ2n) is 6.56. The number of nitrogens with zero attached hydrogens (tertiary/aromatic N) is 2. The van der Waals surface area contributed by atoms with Crippen molar-refractivity contribution in [2.45, 2.75) is 52.7 Å². The highest BCUT2D eigenvalue weighted by Gasteiger charge is 2.35. The summed E-state index contributed by atoms with van der Waals surface area (Å²) in [5.41, 5.74) is -1.33. The number of esters is 1. The summed E-state index contributed by atoms with van der Waals surface area (Å²) in [5.74, 6) is -0.899. The number of anilines is 1. The zero-order valence-electron chi connectivity index (χ0n) is 15.3. The van der Waals surface area contributed by atoms with Gasteiger partial charge in [0.05, 0.1) is 11.7 Å². The third-order valence-electron chi connectivity index (χ3n) is 3.04. The van der Waals surface area contributed by atoms with Crippen LogP contribution in [0.2, 0.25) is 0 Å². The molecule has 0 aliphatic rings. The molecule has 0 aromatic heterocycles. The number of Topliss-reactive ketones (excluding diaryl/α,β-unsaturated/α-hetero) is 1. The molecular weight excluding hydrogens is 344 g/mol. The van der Waals surface area contributed by atoms with Crippen LogP contribution in [0.25, 0.3) is 0 Å². The quantitative estimate of drug-likeness (QED) is 0.413. The van der Waals surface area contributed by atoms with Crippen molar-refractivity contribution < 1.29 is 28.9 Å². The standard InChI is InChI=1S/C17H22N2O7/c1-11(2)25-15(21)13-7-6-8-14(9-13)18(19(23)24)16(22)26-17(4,5)10-12(3)20/h6-9,11H,10H2,1-5H3. The molecule has 9 nitrogen and oxygen atoms in total. The number of carbonyl (C=O) groups is 3. The Morgan fingerprint density at radius 3 is 2.38 bits per heavy atom. The highest BCUT2D eigenvalue weighted by molar-refractivity contribution is 5.92. The number of nitro groups is 1. The van der Waals surface area contributed by atoms with Gasteiger partial charge in [0.15, 0.2) is 5.03 Å². The summed E-state index contributed by atoms with van der Waals surface area (Å²) >= 11 is 0. The molecule has 0 fully saturated rings. The Labute approximate surface area is 151 Å². The van der Waals surface area contributed by atoms with E-state index in [9.17, 15) is 24.5 Å². The summed E-state index contributed by atoms with van der Waals surface area (Å²) in [7, 11) is 0. The summed E-state index contributed by atoms with van der Waals surface area (Å²) in [6.07, 6.45) is -1.73. The van der Waals surface area contributed by atoms with Gasteiger partial charge in [0, 0.05) is 11.4 Å². The third kappa shape index (κ3) is 6.15. The van der Waals surface area contributed by atoms with Crippen LogP contribution in [0.3, 0.4) is 0 Å². The molecule has 26 heavy (non-hydrogen) atoms. The molecule has 1 amide bonds. The summed E-state index contributed by atoms with van der Waals surface area (Å²) < 4.78 is 10.1. The Kier molecular flexibility index (Phi) is 6.82. The van der Waals surface area contributed by atoms with Crippen LogP contribution in [-0.4, -0.2) is 34.6 Å². The summed E-state index contributed by atoms with van der Waals surface area (Å²) in [6.45, 7) is 7.60. The van der Waals surface area contributed by atoms with Crippen LogP contribution in [-0.2, 0) is 14.3 Å². The van der Waals surface area contributed by atoms with Crippen molar-refractivity contribution in [3.05, 3.63) is 39.9 Å². The second kappa shape index (κ2) is 8.41. The van der Waals surface area contributed by atoms with E-state index in [0.717, 1.165) is 6.07 Å². The van der Waals surface area contributed by atoms with E-state index in [0.29, 0.717) is 0 Å². The average molecular weight is 366 g/mol. The van der Waals surface area contributed by atoms with Gasteiger partial charge in [-0.3, -0.25) is 4.79 Å². The van der Waals surface area contributed by atoms with Crippen molar-refractivity contribution in [1.29, 1.82) is 0 Å². The van der Waals surface area contributed by atoms with Gasteiger partial charge < -0.3 is 9.47 Å². The number of hydrazine groups is 1. The Morgan fingerprint density at radius 1 is 1.27 bits per heavy atom. The smallest absolute Gasteiger partial charge is 0.459 e. The van der Waals surface area contributed by atoms with Gasteiger partial charge in [0.1, 0.15) is 17.1 Å². The molecule has 0 saturated heterocycles. The van der Waals surface area contributed by atoms with E-state index in [1.807, 2.05) is 0 Å². The Bertz CT molecular complexity index is 713. The molecule has 0 spiro atoms. The monoisotopic (exact) mass is 366 g/mol. The highest BCUT2D eigenvalue weighted by Crippen LogP contribution is 2.22. The predicted molar refractivity (Wildman–Crippen MR) is 92.3 cm³/mol. The third-order valence-corrected chi connectivity index (χ3v) is 3.04. The maximum atomic E-state index is 12.3. The van der Waals surface area contributed by atoms with Crippen LogP contribution < -0.4 is 5.01 Å². The van der Waals surface area contributed by atoms with E-state index in [2.05, 4.69) is 0 Å². The van der Waals surface area contributed by atoms with Crippen molar-refractivity contribution in [2.75, 3.05) is 5.01 Å². The molecule has 1 rings (SSSR count). The van der Waals surface area contributed by atoms with Gasteiger partial charge in [-0.25, -0.2) is 19.7 Å². The first-order valence-corrected chi connectivity index (χ1v) is 7.91. The Balaban J connectivity index is 3.10. The normalized spacial score (nSPS) is 11.0. The van der Waals surface area contributed by atoms with E-state index in [-0.39, 0.29) is 34.6 Å². The molecule has 0 radical (unpaired) electrons. The minimum atomic E-state index is -1.27. The predicted octanol–water partition coefficient (Wildman–Crippen LogP) is 3.14. The SMILES string of the molecule is CC(=O)CC(C)(C)OC(=O)N(c1cccc(C(=O)OC(C)C)c1)[N+](=O)[O-]. The molecule has 0 N–H and O–H groups in total. The van der Waals surface area contributed by atoms with Gasteiger partial charge in [0.2, 0.25) is 0 Å². The number of benzene rings is 1. The molecule has 0 atom stereocenters. The van der Waals surface area contributed by atoms with Crippen LogP contribution in [0.1, 0.15) is 51.4 Å². The topological polar surface area (TPSA) is 116 Å². The van der Waals surface area contributed by atoms with Crippen molar-refractivity contribution in [3.8, 4) is 0 Å². The van der Waals surface area contributed by atoms with E-state index >= 15 is 0 Å². The Hall–Kier alpha value is -2.97. The van der Waals surface area contributed by atoms with Crippen molar-refractivity contribution in [2.24, 2.45) is 0 Å². The number of hydrogen-bond donors (Lipinski definition) is 0. The molecule has 1 aromatic rings. The minimum Gasteiger partial charge on any atom is -0.459 e. The van der Waals surface area contributed by atoms with Crippen LogP contribution in [0.4, 0.5) is 10.5 Å². The molecule has 142 valence electrons. The molecular formula is C17H22N2O7. The molecule has 0 aliphatic heterocycles. The Morgan fingerprint density at radius 2 is 1.88 bits per heavy atom. The molecule has 0 aliphatic carbocycles. The molecule has 0 unspecified atom stereocenters. The first kappa shape index (κ1) is 21.1. The molecule has 1 aromatic carbocycles. The first-order chi connectivity index (χ1) is 11.9. The van der Waals surface area contributed by atoms with Gasteiger partial charge in [-0.2, -0.15) is 0 Å². The molecule has 0 heterocycles. The van der Waals surface area contributed by atoms with E-state index < -0.39 is 22.7 Å². The van der Waals surface area contributed by atoms with E-state index in [4.69, 9.17) is 9.47 Å². The van der Waals surface area contributed by atoms with Crippen LogP contribution in [0, 0.1) is 10.1 Å². The zero-order chi connectivity index (χ0) is 20.1. The fraction of sp³-hybridized carbons (Fsp3) is 0.471. The summed E-state index contributed by atoms with van der Waals surface area (Å²) in [4.78, 5) is 46.8. The lowest BCUT2D eigenvalue weighted by molar-refractivity contribution is -0.484. The lowest BCUT2D eigenvalue weighted by Gasteiger charge is -2.25. The number of ketones is 1. The zero-order valence-corrected chi connectivity index (χ0v) is 15.3. The van der Waals surface area contributed by atoms with Gasteiger partial charge in [0.25, 0.3) is 0 Å². The van der Waals surface area contributed by atoms with Crippen molar-refractivity contribution in [3.63, 3.8) is 0 Å². The molecule has 9 heteroatoms. The molecule has 0 saturated carbocycles. The maximum Gasteiger partial charge on any atom is 0.473 e. The lowest BCUT2D eigenvalue weighted by Crippen LogP contribution is -2.42. The van der Waals surface area contributed by atoms with Gasteiger partial charge >= 0.3 is 12.1 Å². The lowest BCUT2D eigenvalue weighted by atomic mass is 10.0.